The van der Waals surface area contributed by atoms with Gasteiger partial charge in [-0.1, -0.05) is 32.5 Å². The van der Waals surface area contributed by atoms with Crippen molar-refractivity contribution in [2.45, 2.75) is 58.0 Å². The van der Waals surface area contributed by atoms with E-state index in [-0.39, 0.29) is 5.91 Å². The molecule has 34 heavy (non-hydrogen) atoms. The highest BCUT2D eigenvalue weighted by Crippen LogP contribution is 2.29. The van der Waals surface area contributed by atoms with Gasteiger partial charge in [0.05, 0.1) is 31.3 Å². The predicted octanol–water partition coefficient (Wildman–Crippen LogP) is 4.38. The average Bonchev–Trinajstić information content (AvgIpc) is 3.21. The lowest BCUT2D eigenvalue weighted by Crippen LogP contribution is -2.27. The van der Waals surface area contributed by atoms with Crippen LogP contribution in [0.2, 0.25) is 0 Å². The molecule has 0 aliphatic carbocycles. The molecule has 184 valence electrons. The van der Waals surface area contributed by atoms with Crippen LogP contribution in [-0.2, 0) is 6.54 Å². The van der Waals surface area contributed by atoms with Gasteiger partial charge in [-0.2, -0.15) is 5.10 Å². The Morgan fingerprint density at radius 2 is 1.85 bits per heavy atom. The summed E-state index contributed by atoms with van der Waals surface area (Å²) in [7, 11) is 0. The minimum atomic E-state index is -0.184. The Labute approximate surface area is 205 Å². The normalized spacial score (nSPS) is 11.1. The molecule has 0 aliphatic rings. The third-order valence-corrected chi connectivity index (χ3v) is 5.64. The van der Waals surface area contributed by atoms with Gasteiger partial charge < -0.3 is 20.1 Å². The Balaban J connectivity index is 1.72. The predicted molar refractivity (Wildman–Crippen MR) is 136 cm³/mol. The number of anilines is 1. The highest BCUT2D eigenvalue weighted by molar-refractivity contribution is 7.99. The van der Waals surface area contributed by atoms with Gasteiger partial charge in [0.25, 0.3) is 5.91 Å². The second kappa shape index (κ2) is 12.5. The van der Waals surface area contributed by atoms with Gasteiger partial charge >= 0.3 is 0 Å². The number of ether oxygens (including phenoxy) is 2. The monoisotopic (exact) mass is 486 g/mol. The van der Waals surface area contributed by atoms with Crippen LogP contribution in [0.1, 0.15) is 51.4 Å². The Hall–Kier alpha value is -3.01. The van der Waals surface area contributed by atoms with Gasteiger partial charge in [0.2, 0.25) is 0 Å². The smallest absolute Gasteiger partial charge is 0.251 e. The number of nitrogens with zero attached hydrogens (tertiary/aromatic N) is 4. The number of nitrogens with one attached hydrogen (secondary N) is 2. The highest BCUT2D eigenvalue weighted by atomic mass is 32.2. The molecule has 0 aliphatic heterocycles. The SMILES string of the molecule is CCCNc1nc(SC(C)C)nc2c1cnn2CCNC(=O)c1ccc(OCC)c(OCC)c1. The van der Waals surface area contributed by atoms with Crippen LogP contribution in [0.25, 0.3) is 11.0 Å². The van der Waals surface area contributed by atoms with Crippen LogP contribution in [0, 0.1) is 0 Å². The first-order valence-corrected chi connectivity index (χ1v) is 12.7. The molecule has 2 aromatic heterocycles. The molecule has 1 aromatic carbocycles. The largest absolute Gasteiger partial charge is 0.490 e. The van der Waals surface area contributed by atoms with Crippen molar-refractivity contribution in [3.8, 4) is 11.5 Å². The summed E-state index contributed by atoms with van der Waals surface area (Å²) in [5.41, 5.74) is 1.27. The number of carbonyl (C=O) groups excluding carboxylic acids is 1. The van der Waals surface area contributed by atoms with E-state index in [1.165, 1.54) is 0 Å². The first-order chi connectivity index (χ1) is 16.5. The number of carbonyl (C=O) groups is 1. The second-order valence-electron chi connectivity index (χ2n) is 7.84. The summed E-state index contributed by atoms with van der Waals surface area (Å²) in [6.07, 6.45) is 2.77. The van der Waals surface area contributed by atoms with E-state index < -0.39 is 0 Å². The number of aromatic nitrogens is 4. The molecule has 0 saturated heterocycles. The number of benzene rings is 1. The molecule has 0 bridgehead atoms. The Morgan fingerprint density at radius 3 is 2.56 bits per heavy atom. The van der Waals surface area contributed by atoms with Crippen molar-refractivity contribution in [3.63, 3.8) is 0 Å². The zero-order chi connectivity index (χ0) is 24.5. The summed E-state index contributed by atoms with van der Waals surface area (Å²) in [6.45, 7) is 12.9. The maximum atomic E-state index is 12.7. The van der Waals surface area contributed by atoms with Crippen molar-refractivity contribution < 1.29 is 14.3 Å². The number of rotatable bonds is 13. The van der Waals surface area contributed by atoms with Crippen LogP contribution in [-0.4, -0.2) is 57.2 Å². The average molecular weight is 487 g/mol. The van der Waals surface area contributed by atoms with E-state index in [0.717, 1.165) is 29.8 Å². The van der Waals surface area contributed by atoms with E-state index in [1.54, 1.807) is 36.2 Å². The molecule has 2 heterocycles. The molecule has 0 unspecified atom stereocenters. The van der Waals surface area contributed by atoms with Crippen LogP contribution >= 0.6 is 11.8 Å². The third-order valence-electron chi connectivity index (χ3n) is 4.77. The Morgan fingerprint density at radius 1 is 1.09 bits per heavy atom. The molecule has 1 amide bonds. The molecular formula is C24H34N6O3S. The quantitative estimate of drug-likeness (QED) is 0.271. The fourth-order valence-corrected chi connectivity index (χ4v) is 4.02. The minimum Gasteiger partial charge on any atom is -0.490 e. The summed E-state index contributed by atoms with van der Waals surface area (Å²) < 4.78 is 13.0. The summed E-state index contributed by atoms with van der Waals surface area (Å²) in [4.78, 5) is 22.1. The molecular weight excluding hydrogens is 452 g/mol. The van der Waals surface area contributed by atoms with E-state index in [4.69, 9.17) is 14.5 Å². The van der Waals surface area contributed by atoms with E-state index in [9.17, 15) is 4.79 Å². The molecule has 0 saturated carbocycles. The van der Waals surface area contributed by atoms with Gasteiger partial charge in [-0.25, -0.2) is 14.6 Å². The van der Waals surface area contributed by atoms with E-state index in [1.807, 2.05) is 18.5 Å². The van der Waals surface area contributed by atoms with Gasteiger partial charge in [-0.05, 0) is 38.5 Å². The van der Waals surface area contributed by atoms with Crippen LogP contribution in [0.3, 0.4) is 0 Å². The van der Waals surface area contributed by atoms with E-state index in [0.29, 0.717) is 53.8 Å². The van der Waals surface area contributed by atoms with Gasteiger partial charge in [-0.15, -0.1) is 0 Å². The van der Waals surface area contributed by atoms with Crippen molar-refractivity contribution in [1.82, 2.24) is 25.1 Å². The second-order valence-corrected chi connectivity index (χ2v) is 9.38. The van der Waals surface area contributed by atoms with Gasteiger partial charge in [0.1, 0.15) is 5.82 Å². The van der Waals surface area contributed by atoms with Crippen molar-refractivity contribution in [1.29, 1.82) is 0 Å². The number of fused-ring (bicyclic) bond motifs is 1. The van der Waals surface area contributed by atoms with Gasteiger partial charge in [-0.3, -0.25) is 4.79 Å². The molecule has 3 rings (SSSR count). The van der Waals surface area contributed by atoms with E-state index in [2.05, 4.69) is 41.5 Å². The van der Waals surface area contributed by atoms with Crippen LogP contribution in [0.5, 0.6) is 11.5 Å². The Bertz CT molecular complexity index is 1100. The Kier molecular flexibility index (Phi) is 9.38. The fraction of sp³-hybridized carbons (Fsp3) is 0.500. The number of thioether (sulfide) groups is 1. The van der Waals surface area contributed by atoms with Crippen LogP contribution in [0.15, 0.2) is 29.6 Å². The molecule has 10 heteroatoms. The summed E-state index contributed by atoms with van der Waals surface area (Å²) in [5.74, 6) is 1.81. The standard InChI is InChI=1S/C24H34N6O3S/c1-6-11-25-21-18-15-27-30(22(18)29-24(28-21)34-16(4)5)13-12-26-23(31)17-9-10-19(32-7-2)20(14-17)33-8-3/h9-10,14-16H,6-8,11-13H2,1-5H3,(H,26,31)(H,25,28,29). The first-order valence-electron chi connectivity index (χ1n) is 11.8. The molecule has 0 spiro atoms. The maximum Gasteiger partial charge on any atom is 0.251 e. The molecule has 0 atom stereocenters. The van der Waals surface area contributed by atoms with Crippen LogP contribution in [0.4, 0.5) is 5.82 Å². The van der Waals surface area contributed by atoms with Crippen molar-refractivity contribution in [3.05, 3.63) is 30.0 Å². The third kappa shape index (κ3) is 6.53. The van der Waals surface area contributed by atoms with E-state index >= 15 is 0 Å². The van der Waals surface area contributed by atoms with Crippen LogP contribution < -0.4 is 20.1 Å². The summed E-state index contributed by atoms with van der Waals surface area (Å²) >= 11 is 1.61. The topological polar surface area (TPSA) is 103 Å². The summed E-state index contributed by atoms with van der Waals surface area (Å²) in [6, 6.07) is 5.21. The zero-order valence-electron chi connectivity index (χ0n) is 20.6. The number of hydrogen-bond acceptors (Lipinski definition) is 8. The number of amides is 1. The lowest BCUT2D eigenvalue weighted by molar-refractivity contribution is 0.0951. The molecule has 0 radical (unpaired) electrons. The van der Waals surface area contributed by atoms with Crippen molar-refractivity contribution >= 4 is 34.5 Å². The first kappa shape index (κ1) is 25.6. The molecule has 9 nitrogen and oxygen atoms in total. The molecule has 3 aromatic rings. The highest BCUT2D eigenvalue weighted by Gasteiger charge is 2.15. The lowest BCUT2D eigenvalue weighted by atomic mass is 10.2. The summed E-state index contributed by atoms with van der Waals surface area (Å²) in [5, 5.41) is 12.8. The maximum absolute atomic E-state index is 12.7. The molecule has 0 fully saturated rings. The zero-order valence-corrected chi connectivity index (χ0v) is 21.4. The van der Waals surface area contributed by atoms with Crippen molar-refractivity contribution in [2.24, 2.45) is 0 Å². The van der Waals surface area contributed by atoms with Gasteiger partial charge in [0.15, 0.2) is 22.3 Å². The molecule has 2 N–H and O–H groups in total. The van der Waals surface area contributed by atoms with Gasteiger partial charge in [0, 0.05) is 23.9 Å². The fourth-order valence-electron chi connectivity index (χ4n) is 3.31. The number of hydrogen-bond donors (Lipinski definition) is 2. The lowest BCUT2D eigenvalue weighted by Gasteiger charge is -2.13. The minimum absolute atomic E-state index is 0.184. The van der Waals surface area contributed by atoms with Crippen molar-refractivity contribution in [2.75, 3.05) is 31.6 Å².